The molecule has 4 amide bonds. The maximum atomic E-state index is 12.9. The lowest BCUT2D eigenvalue weighted by molar-refractivity contribution is -0.143. The number of phenols is 1. The van der Waals surface area contributed by atoms with Crippen molar-refractivity contribution in [2.75, 3.05) is 11.9 Å². The second-order valence-corrected chi connectivity index (χ2v) is 8.77. The lowest BCUT2D eigenvalue weighted by Gasteiger charge is -2.21. The average Bonchev–Trinajstić information content (AvgIpc) is 3.19. The molecule has 1 atom stereocenters. The molecule has 0 radical (unpaired) electrons. The van der Waals surface area contributed by atoms with E-state index in [2.05, 4.69) is 5.32 Å². The minimum Gasteiger partial charge on any atom is -0.508 e. The van der Waals surface area contributed by atoms with Crippen LogP contribution in [0, 0.1) is 0 Å². The molecule has 0 aliphatic carbocycles. The summed E-state index contributed by atoms with van der Waals surface area (Å²) in [4.78, 5) is 53.0. The lowest BCUT2D eigenvalue weighted by atomic mass is 10.2. The van der Waals surface area contributed by atoms with Crippen molar-refractivity contribution < 1.29 is 24.3 Å². The van der Waals surface area contributed by atoms with Crippen molar-refractivity contribution in [2.24, 2.45) is 0 Å². The summed E-state index contributed by atoms with van der Waals surface area (Å²) in [6.07, 6.45) is 1.44. The van der Waals surface area contributed by atoms with Crippen LogP contribution >= 0.6 is 24.0 Å². The number of aromatic hydroxyl groups is 1. The lowest BCUT2D eigenvalue weighted by Crippen LogP contribution is -2.45. The number of thiocarbonyl (C=S) groups is 1. The van der Waals surface area contributed by atoms with Crippen molar-refractivity contribution in [2.45, 2.75) is 12.5 Å². The van der Waals surface area contributed by atoms with Crippen LogP contribution in [0.25, 0.3) is 6.08 Å². The average molecular weight is 468 g/mol. The molecular formula is C22H17N3O5S2. The van der Waals surface area contributed by atoms with E-state index in [1.807, 2.05) is 30.3 Å². The first kappa shape index (κ1) is 21.7. The molecule has 2 heterocycles. The normalized spacial score (nSPS) is 19.9. The summed E-state index contributed by atoms with van der Waals surface area (Å²) < 4.78 is 0.193. The minimum atomic E-state index is -1.07. The van der Waals surface area contributed by atoms with Crippen molar-refractivity contribution in [3.8, 4) is 5.75 Å². The monoisotopic (exact) mass is 467 g/mol. The number of carbonyl (C=O) groups excluding carboxylic acids is 4. The minimum absolute atomic E-state index is 0.0422. The maximum Gasteiger partial charge on any atom is 0.266 e. The van der Waals surface area contributed by atoms with Crippen molar-refractivity contribution in [1.82, 2.24) is 9.80 Å². The van der Waals surface area contributed by atoms with Crippen molar-refractivity contribution in [3.05, 3.63) is 65.1 Å². The van der Waals surface area contributed by atoms with Crippen LogP contribution in [0.4, 0.5) is 5.69 Å². The zero-order chi connectivity index (χ0) is 22.8. The molecule has 10 heteroatoms. The van der Waals surface area contributed by atoms with Crippen LogP contribution < -0.4 is 5.32 Å². The smallest absolute Gasteiger partial charge is 0.266 e. The van der Waals surface area contributed by atoms with E-state index in [1.165, 1.54) is 24.3 Å². The van der Waals surface area contributed by atoms with E-state index < -0.39 is 36.2 Å². The van der Waals surface area contributed by atoms with E-state index >= 15 is 0 Å². The summed E-state index contributed by atoms with van der Waals surface area (Å²) in [6, 6.07) is 13.9. The molecule has 0 unspecified atom stereocenters. The highest BCUT2D eigenvalue weighted by Crippen LogP contribution is 2.36. The van der Waals surface area contributed by atoms with Gasteiger partial charge in [0.2, 0.25) is 11.8 Å². The topological polar surface area (TPSA) is 107 Å². The van der Waals surface area contributed by atoms with Gasteiger partial charge in [0, 0.05) is 5.69 Å². The molecule has 2 fully saturated rings. The third kappa shape index (κ3) is 4.41. The molecule has 0 spiro atoms. The summed E-state index contributed by atoms with van der Waals surface area (Å²) in [5.41, 5.74) is 1.22. The van der Waals surface area contributed by atoms with E-state index in [4.69, 9.17) is 12.2 Å². The number of nitrogens with zero attached hydrogens (tertiary/aromatic N) is 2. The van der Waals surface area contributed by atoms with Gasteiger partial charge in [0.05, 0.1) is 11.3 Å². The fourth-order valence-corrected chi connectivity index (χ4v) is 4.73. The summed E-state index contributed by atoms with van der Waals surface area (Å²) in [5.74, 6) is -2.17. The SMILES string of the molecule is O=C(CN1C(=O)C[C@@H](N2C(=O)/C(=C/c3ccccc3)SC2=S)C1=O)Nc1ccc(O)cc1. The van der Waals surface area contributed by atoms with Gasteiger partial charge in [-0.25, -0.2) is 0 Å². The van der Waals surface area contributed by atoms with Crippen LogP contribution in [-0.4, -0.2) is 55.4 Å². The molecule has 2 aliphatic heterocycles. The van der Waals surface area contributed by atoms with Gasteiger partial charge in [0.15, 0.2) is 0 Å². The fourth-order valence-electron chi connectivity index (χ4n) is 3.37. The van der Waals surface area contributed by atoms with Crippen LogP contribution in [0.1, 0.15) is 12.0 Å². The zero-order valence-corrected chi connectivity index (χ0v) is 18.2. The van der Waals surface area contributed by atoms with Crippen LogP contribution in [0.2, 0.25) is 0 Å². The zero-order valence-electron chi connectivity index (χ0n) is 16.6. The molecule has 162 valence electrons. The Kier molecular flexibility index (Phi) is 6.06. The molecule has 4 rings (SSSR count). The fraction of sp³-hybridized carbons (Fsp3) is 0.136. The summed E-state index contributed by atoms with van der Waals surface area (Å²) in [6.45, 7) is -0.482. The second-order valence-electron chi connectivity index (χ2n) is 7.10. The molecule has 2 saturated heterocycles. The predicted molar refractivity (Wildman–Crippen MR) is 123 cm³/mol. The van der Waals surface area contributed by atoms with Crippen LogP contribution in [0.3, 0.4) is 0 Å². The van der Waals surface area contributed by atoms with Crippen molar-refractivity contribution in [3.63, 3.8) is 0 Å². The Morgan fingerprint density at radius 1 is 1.12 bits per heavy atom. The Labute approximate surface area is 192 Å². The van der Waals surface area contributed by atoms with Gasteiger partial charge >= 0.3 is 0 Å². The number of thioether (sulfide) groups is 1. The molecule has 8 nitrogen and oxygen atoms in total. The Morgan fingerprint density at radius 2 is 1.81 bits per heavy atom. The number of rotatable bonds is 5. The van der Waals surface area contributed by atoms with Gasteiger partial charge in [-0.15, -0.1) is 0 Å². The Balaban J connectivity index is 1.45. The van der Waals surface area contributed by atoms with Crippen LogP contribution in [0.5, 0.6) is 5.75 Å². The van der Waals surface area contributed by atoms with Gasteiger partial charge in [-0.05, 0) is 35.9 Å². The van der Waals surface area contributed by atoms with E-state index in [9.17, 15) is 24.3 Å². The Bertz CT molecular complexity index is 1150. The molecule has 0 saturated carbocycles. The van der Waals surface area contributed by atoms with Crippen LogP contribution in [-0.2, 0) is 19.2 Å². The van der Waals surface area contributed by atoms with E-state index in [-0.39, 0.29) is 16.5 Å². The molecule has 0 aromatic heterocycles. The van der Waals surface area contributed by atoms with Gasteiger partial charge in [-0.3, -0.25) is 29.0 Å². The van der Waals surface area contributed by atoms with E-state index in [0.29, 0.717) is 10.6 Å². The number of likely N-dealkylation sites (tertiary alicyclic amines) is 1. The standard InChI is InChI=1S/C22H17N3O5S2/c26-15-8-6-14(7-9-15)23-18(27)12-24-19(28)11-16(20(24)29)25-21(30)17(32-22(25)31)10-13-4-2-1-3-5-13/h1-10,16,26H,11-12H2,(H,23,27)/b17-10-/t16-/m1/s1. The number of imide groups is 1. The number of nitrogens with one attached hydrogen (secondary N) is 1. The number of carbonyl (C=O) groups is 4. The first-order valence-corrected chi connectivity index (χ1v) is 10.8. The summed E-state index contributed by atoms with van der Waals surface area (Å²) >= 11 is 6.38. The quantitative estimate of drug-likeness (QED) is 0.301. The first-order chi connectivity index (χ1) is 15.3. The number of benzene rings is 2. The Hall–Kier alpha value is -3.50. The highest BCUT2D eigenvalue weighted by Gasteiger charge is 2.48. The molecular weight excluding hydrogens is 450 g/mol. The van der Waals surface area contributed by atoms with Gasteiger partial charge in [0.25, 0.3) is 11.8 Å². The van der Waals surface area contributed by atoms with Gasteiger partial charge < -0.3 is 10.4 Å². The van der Waals surface area contributed by atoms with E-state index in [1.54, 1.807) is 6.08 Å². The first-order valence-electron chi connectivity index (χ1n) is 9.58. The summed E-state index contributed by atoms with van der Waals surface area (Å²) in [7, 11) is 0. The number of hydrogen-bond acceptors (Lipinski definition) is 7. The summed E-state index contributed by atoms with van der Waals surface area (Å²) in [5, 5.41) is 11.9. The molecule has 2 aromatic rings. The maximum absolute atomic E-state index is 12.9. The van der Waals surface area contributed by atoms with E-state index in [0.717, 1.165) is 27.1 Å². The molecule has 2 aliphatic rings. The van der Waals surface area contributed by atoms with Gasteiger partial charge in [-0.1, -0.05) is 54.3 Å². The number of hydrogen-bond donors (Lipinski definition) is 2. The van der Waals surface area contributed by atoms with Crippen molar-refractivity contribution >= 4 is 63.7 Å². The number of phenolic OH excluding ortho intramolecular Hbond substituents is 1. The number of anilines is 1. The second kappa shape index (κ2) is 8.93. The largest absolute Gasteiger partial charge is 0.508 e. The van der Waals surface area contributed by atoms with Crippen LogP contribution in [0.15, 0.2) is 59.5 Å². The molecule has 2 aromatic carbocycles. The third-order valence-corrected chi connectivity index (χ3v) is 6.24. The van der Waals surface area contributed by atoms with Gasteiger partial charge in [0.1, 0.15) is 22.7 Å². The van der Waals surface area contributed by atoms with Crippen molar-refractivity contribution in [1.29, 1.82) is 0 Å². The van der Waals surface area contributed by atoms with Gasteiger partial charge in [-0.2, -0.15) is 0 Å². The number of amides is 4. The predicted octanol–water partition coefficient (Wildman–Crippen LogP) is 2.36. The highest BCUT2D eigenvalue weighted by atomic mass is 32.2. The molecule has 32 heavy (non-hydrogen) atoms. The molecule has 2 N–H and O–H groups in total. The highest BCUT2D eigenvalue weighted by molar-refractivity contribution is 8.26. The Morgan fingerprint density at radius 3 is 2.50 bits per heavy atom. The molecule has 0 bridgehead atoms. The third-order valence-electron chi connectivity index (χ3n) is 4.91.